The van der Waals surface area contributed by atoms with Crippen LogP contribution in [0.5, 0.6) is 0 Å². The standard InChI is InChI=1S/C25H24F6N2O4S/c1-2-12-37-23(35)32-17-4-3-5-18(15-17)38-19-8-6-16(7-9-20(34)33-10-13-36-14-11-33)21(24(26,27)28)22(19)25(29,30)31/h3-9,15H,2,10-14H2,1H3,(H,32,35)/b9-7+. The first-order chi connectivity index (χ1) is 17.9. The average molecular weight is 563 g/mol. The molecule has 1 fully saturated rings. The summed E-state index contributed by atoms with van der Waals surface area (Å²) in [5.41, 5.74) is -4.35. The van der Waals surface area contributed by atoms with E-state index in [0.717, 1.165) is 24.3 Å². The number of halogens is 6. The maximum atomic E-state index is 14.1. The minimum absolute atomic E-state index is 0.155. The summed E-state index contributed by atoms with van der Waals surface area (Å²) in [7, 11) is 0. The lowest BCUT2D eigenvalue weighted by Crippen LogP contribution is -2.39. The van der Waals surface area contributed by atoms with Crippen molar-refractivity contribution in [2.75, 3.05) is 38.2 Å². The lowest BCUT2D eigenvalue weighted by Gasteiger charge is -2.25. The van der Waals surface area contributed by atoms with Crippen LogP contribution in [0.25, 0.3) is 6.08 Å². The van der Waals surface area contributed by atoms with Gasteiger partial charge in [-0.1, -0.05) is 30.8 Å². The zero-order valence-corrected chi connectivity index (χ0v) is 20.9. The van der Waals surface area contributed by atoms with E-state index < -0.39 is 45.9 Å². The van der Waals surface area contributed by atoms with Gasteiger partial charge in [0.1, 0.15) is 0 Å². The molecule has 0 atom stereocenters. The Hall–Kier alpha value is -3.19. The molecule has 2 aromatic carbocycles. The molecule has 1 N–H and O–H groups in total. The van der Waals surface area contributed by atoms with Gasteiger partial charge in [0, 0.05) is 34.6 Å². The van der Waals surface area contributed by atoms with E-state index in [1.165, 1.54) is 29.2 Å². The number of anilines is 1. The number of nitrogens with one attached hydrogen (secondary N) is 1. The van der Waals surface area contributed by atoms with Gasteiger partial charge in [-0.25, -0.2) is 4.79 Å². The predicted molar refractivity (Wildman–Crippen MR) is 129 cm³/mol. The maximum Gasteiger partial charge on any atom is 0.418 e. The molecular weight excluding hydrogens is 538 g/mol. The number of alkyl halides is 6. The smallest absolute Gasteiger partial charge is 0.418 e. The maximum absolute atomic E-state index is 14.1. The molecule has 2 aromatic rings. The molecule has 1 saturated heterocycles. The predicted octanol–water partition coefficient (Wildman–Crippen LogP) is 6.71. The topological polar surface area (TPSA) is 67.9 Å². The Morgan fingerprint density at radius 1 is 1.05 bits per heavy atom. The van der Waals surface area contributed by atoms with Crippen LogP contribution in [0.3, 0.4) is 0 Å². The van der Waals surface area contributed by atoms with Crippen LogP contribution in [-0.4, -0.2) is 49.8 Å². The highest BCUT2D eigenvalue weighted by Crippen LogP contribution is 2.48. The Balaban J connectivity index is 1.97. The summed E-state index contributed by atoms with van der Waals surface area (Å²) in [5.74, 6) is -0.629. The Labute approximate surface area is 219 Å². The van der Waals surface area contributed by atoms with Crippen LogP contribution in [0.4, 0.5) is 36.8 Å². The van der Waals surface area contributed by atoms with Gasteiger partial charge in [-0.2, -0.15) is 26.3 Å². The second kappa shape index (κ2) is 12.6. The lowest BCUT2D eigenvalue weighted by atomic mass is 9.99. The minimum Gasteiger partial charge on any atom is -0.449 e. The monoisotopic (exact) mass is 562 g/mol. The number of hydrogen-bond acceptors (Lipinski definition) is 5. The zero-order chi connectivity index (χ0) is 27.9. The van der Waals surface area contributed by atoms with Crippen molar-refractivity contribution in [1.82, 2.24) is 4.90 Å². The van der Waals surface area contributed by atoms with Crippen LogP contribution in [0, 0.1) is 0 Å². The van der Waals surface area contributed by atoms with Gasteiger partial charge in [0.05, 0.1) is 30.9 Å². The van der Waals surface area contributed by atoms with Crippen molar-refractivity contribution in [3.63, 3.8) is 0 Å². The number of nitrogens with zero attached hydrogens (tertiary/aromatic N) is 1. The minimum atomic E-state index is -5.37. The molecule has 0 aromatic heterocycles. The van der Waals surface area contributed by atoms with Crippen molar-refractivity contribution in [3.05, 3.63) is 59.2 Å². The molecule has 6 nitrogen and oxygen atoms in total. The Morgan fingerprint density at radius 3 is 2.37 bits per heavy atom. The summed E-state index contributed by atoms with van der Waals surface area (Å²) >= 11 is 0.461. The van der Waals surface area contributed by atoms with Crippen LogP contribution < -0.4 is 5.32 Å². The van der Waals surface area contributed by atoms with E-state index in [4.69, 9.17) is 9.47 Å². The Kier molecular flexibility index (Phi) is 9.71. The summed E-state index contributed by atoms with van der Waals surface area (Å²) < 4.78 is 94.3. The van der Waals surface area contributed by atoms with Crippen molar-refractivity contribution in [2.24, 2.45) is 0 Å². The summed E-state index contributed by atoms with van der Waals surface area (Å²) in [5, 5.41) is 2.42. The highest BCUT2D eigenvalue weighted by atomic mass is 32.2. The van der Waals surface area contributed by atoms with E-state index in [1.807, 2.05) is 0 Å². The SMILES string of the molecule is CCCOC(=O)Nc1cccc(Sc2ccc(/C=C/C(=O)N3CCOCC3)c(C(F)(F)F)c2C(F)(F)F)c1. The summed E-state index contributed by atoms with van der Waals surface area (Å²) in [6, 6.07) is 7.44. The van der Waals surface area contributed by atoms with Crippen LogP contribution in [-0.2, 0) is 26.6 Å². The first kappa shape index (κ1) is 29.4. The van der Waals surface area contributed by atoms with Gasteiger partial charge in [-0.3, -0.25) is 10.1 Å². The molecule has 38 heavy (non-hydrogen) atoms. The molecule has 0 spiro atoms. The largest absolute Gasteiger partial charge is 0.449 e. The van der Waals surface area contributed by atoms with Crippen molar-refractivity contribution < 1.29 is 45.4 Å². The van der Waals surface area contributed by atoms with E-state index >= 15 is 0 Å². The van der Waals surface area contributed by atoms with E-state index in [-0.39, 0.29) is 43.5 Å². The quantitative estimate of drug-likeness (QED) is 0.300. The van der Waals surface area contributed by atoms with Crippen LogP contribution in [0.15, 0.2) is 52.3 Å². The third-order valence-corrected chi connectivity index (χ3v) is 6.29. The Morgan fingerprint density at radius 2 is 1.74 bits per heavy atom. The van der Waals surface area contributed by atoms with Gasteiger partial charge >= 0.3 is 18.4 Å². The molecule has 13 heteroatoms. The van der Waals surface area contributed by atoms with Gasteiger partial charge < -0.3 is 14.4 Å². The fourth-order valence-electron chi connectivity index (χ4n) is 3.57. The number of carbonyl (C=O) groups excluding carboxylic acids is 2. The number of rotatable bonds is 7. The van der Waals surface area contributed by atoms with E-state index in [0.29, 0.717) is 18.2 Å². The normalized spacial score (nSPS) is 14.6. The fraction of sp³-hybridized carbons (Fsp3) is 0.360. The average Bonchev–Trinajstić information content (AvgIpc) is 2.85. The summed E-state index contributed by atoms with van der Waals surface area (Å²) in [6.07, 6.45) is -9.34. The van der Waals surface area contributed by atoms with Crippen LogP contribution in [0.2, 0.25) is 0 Å². The Bertz CT molecular complexity index is 1180. The van der Waals surface area contributed by atoms with E-state index in [1.54, 1.807) is 6.92 Å². The number of morpholine rings is 1. The second-order valence-corrected chi connectivity index (χ2v) is 9.18. The molecule has 1 aliphatic rings. The molecule has 3 rings (SSSR count). The second-order valence-electron chi connectivity index (χ2n) is 8.06. The molecule has 0 bridgehead atoms. The molecule has 0 radical (unpaired) electrons. The number of hydrogen-bond donors (Lipinski definition) is 1. The molecule has 1 heterocycles. The highest BCUT2D eigenvalue weighted by Gasteiger charge is 2.46. The van der Waals surface area contributed by atoms with Crippen LogP contribution >= 0.6 is 11.8 Å². The first-order valence-electron chi connectivity index (χ1n) is 11.5. The molecular formula is C25H24F6N2O4S. The van der Waals surface area contributed by atoms with Gasteiger partial charge in [0.25, 0.3) is 0 Å². The number of carbonyl (C=O) groups is 2. The van der Waals surface area contributed by atoms with E-state index in [9.17, 15) is 35.9 Å². The molecule has 1 aliphatic heterocycles. The number of ether oxygens (including phenoxy) is 2. The van der Waals surface area contributed by atoms with Crippen molar-refractivity contribution in [3.8, 4) is 0 Å². The third-order valence-electron chi connectivity index (χ3n) is 5.24. The lowest BCUT2D eigenvalue weighted by molar-refractivity contribution is -0.163. The first-order valence-corrected chi connectivity index (χ1v) is 12.3. The van der Waals surface area contributed by atoms with Gasteiger partial charge in [-0.05, 0) is 42.3 Å². The molecule has 0 unspecified atom stereocenters. The third kappa shape index (κ3) is 7.90. The van der Waals surface area contributed by atoms with Gasteiger partial charge in [0.15, 0.2) is 0 Å². The van der Waals surface area contributed by atoms with Gasteiger partial charge in [-0.15, -0.1) is 0 Å². The van der Waals surface area contributed by atoms with Gasteiger partial charge in [0.2, 0.25) is 5.91 Å². The summed E-state index contributed by atoms with van der Waals surface area (Å²) in [4.78, 5) is 24.9. The molecule has 2 amide bonds. The van der Waals surface area contributed by atoms with Crippen molar-refractivity contribution >= 4 is 35.5 Å². The van der Waals surface area contributed by atoms with Crippen molar-refractivity contribution in [1.29, 1.82) is 0 Å². The van der Waals surface area contributed by atoms with Crippen LogP contribution in [0.1, 0.15) is 30.0 Å². The van der Waals surface area contributed by atoms with Crippen molar-refractivity contribution in [2.45, 2.75) is 35.5 Å². The van der Waals surface area contributed by atoms with E-state index in [2.05, 4.69) is 5.32 Å². The number of benzene rings is 2. The molecule has 0 aliphatic carbocycles. The number of amides is 2. The molecule has 0 saturated carbocycles. The fourth-order valence-corrected chi connectivity index (χ4v) is 4.62. The zero-order valence-electron chi connectivity index (χ0n) is 20.1. The molecule has 206 valence electrons. The highest BCUT2D eigenvalue weighted by molar-refractivity contribution is 7.99. The summed E-state index contributed by atoms with van der Waals surface area (Å²) in [6.45, 7) is 2.92.